The molecule has 7 nitrogen and oxygen atoms in total. The summed E-state index contributed by atoms with van der Waals surface area (Å²) >= 11 is 0. The predicted molar refractivity (Wildman–Crippen MR) is 60.3 cm³/mol. The smallest absolute Gasteiger partial charge is 0.324 e. The number of ether oxygens (including phenoxy) is 1. The van der Waals surface area contributed by atoms with Gasteiger partial charge in [-0.3, -0.25) is 4.57 Å². The first-order chi connectivity index (χ1) is 8.19. The molecule has 2 heterocycles. The SMILES string of the molecule is C#CC(C)Oc1nc(N)nc(-n2ccnc2)n1. The number of nitrogens with two attached hydrogens (primary N) is 1. The van der Waals surface area contributed by atoms with E-state index in [9.17, 15) is 0 Å². The second kappa shape index (κ2) is 4.49. The van der Waals surface area contributed by atoms with Gasteiger partial charge in [0.15, 0.2) is 6.10 Å². The molecule has 0 saturated carbocycles. The summed E-state index contributed by atoms with van der Waals surface area (Å²) in [7, 11) is 0. The van der Waals surface area contributed by atoms with Crippen LogP contribution in [0.4, 0.5) is 5.95 Å². The van der Waals surface area contributed by atoms with E-state index in [0.717, 1.165) is 0 Å². The number of terminal acetylenes is 1. The van der Waals surface area contributed by atoms with Gasteiger partial charge in [0.1, 0.15) is 6.33 Å². The monoisotopic (exact) mass is 230 g/mol. The van der Waals surface area contributed by atoms with Crippen molar-refractivity contribution in [3.05, 3.63) is 18.7 Å². The number of anilines is 1. The minimum Gasteiger partial charge on any atom is -0.447 e. The fourth-order valence-corrected chi connectivity index (χ4v) is 1.10. The highest BCUT2D eigenvalue weighted by Crippen LogP contribution is 2.09. The van der Waals surface area contributed by atoms with Crippen LogP contribution >= 0.6 is 0 Å². The van der Waals surface area contributed by atoms with E-state index in [1.165, 1.54) is 0 Å². The average molecular weight is 230 g/mol. The molecule has 2 rings (SSSR count). The second-order valence-corrected chi connectivity index (χ2v) is 3.17. The van der Waals surface area contributed by atoms with Gasteiger partial charge in [-0.05, 0) is 6.92 Å². The van der Waals surface area contributed by atoms with Gasteiger partial charge in [0.2, 0.25) is 11.9 Å². The van der Waals surface area contributed by atoms with E-state index in [4.69, 9.17) is 16.9 Å². The van der Waals surface area contributed by atoms with Crippen LogP contribution in [0.2, 0.25) is 0 Å². The zero-order valence-corrected chi connectivity index (χ0v) is 9.11. The Balaban J connectivity index is 2.34. The molecule has 0 aliphatic rings. The fourth-order valence-electron chi connectivity index (χ4n) is 1.10. The van der Waals surface area contributed by atoms with Crippen molar-refractivity contribution in [3.63, 3.8) is 0 Å². The Labute approximate surface area is 97.7 Å². The van der Waals surface area contributed by atoms with Crippen molar-refractivity contribution in [2.24, 2.45) is 0 Å². The lowest BCUT2D eigenvalue weighted by Crippen LogP contribution is -2.13. The molecule has 17 heavy (non-hydrogen) atoms. The van der Waals surface area contributed by atoms with E-state index in [1.54, 1.807) is 30.2 Å². The normalized spacial score (nSPS) is 11.8. The first-order valence-electron chi connectivity index (χ1n) is 4.81. The van der Waals surface area contributed by atoms with E-state index in [2.05, 4.69) is 25.9 Å². The molecule has 0 bridgehead atoms. The standard InChI is InChI=1S/C10H10N6O/c1-3-7(2)17-10-14-8(11)13-9(15-10)16-5-4-12-6-16/h1,4-7H,2H3,(H2,11,13,14,15). The zero-order chi connectivity index (χ0) is 12.3. The van der Waals surface area contributed by atoms with Crippen molar-refractivity contribution >= 4 is 5.95 Å². The number of hydrogen-bond acceptors (Lipinski definition) is 6. The average Bonchev–Trinajstić information content (AvgIpc) is 2.81. The van der Waals surface area contributed by atoms with Crippen molar-refractivity contribution < 1.29 is 4.74 Å². The van der Waals surface area contributed by atoms with Crippen molar-refractivity contribution in [1.29, 1.82) is 0 Å². The highest BCUT2D eigenvalue weighted by Gasteiger charge is 2.09. The van der Waals surface area contributed by atoms with Crippen molar-refractivity contribution in [2.75, 3.05) is 5.73 Å². The van der Waals surface area contributed by atoms with Crippen LogP contribution in [0.15, 0.2) is 18.7 Å². The highest BCUT2D eigenvalue weighted by molar-refractivity contribution is 5.25. The summed E-state index contributed by atoms with van der Waals surface area (Å²) in [6.07, 6.45) is 9.59. The maximum Gasteiger partial charge on any atom is 0.324 e. The summed E-state index contributed by atoms with van der Waals surface area (Å²) in [4.78, 5) is 15.7. The molecule has 2 N–H and O–H groups in total. The van der Waals surface area contributed by atoms with Crippen LogP contribution in [0.25, 0.3) is 5.95 Å². The number of hydrogen-bond donors (Lipinski definition) is 1. The van der Waals surface area contributed by atoms with Crippen molar-refractivity contribution in [2.45, 2.75) is 13.0 Å². The van der Waals surface area contributed by atoms with Gasteiger partial charge in [-0.1, -0.05) is 5.92 Å². The van der Waals surface area contributed by atoms with Gasteiger partial charge in [-0.2, -0.15) is 15.0 Å². The molecule has 7 heteroatoms. The zero-order valence-electron chi connectivity index (χ0n) is 9.11. The largest absolute Gasteiger partial charge is 0.447 e. The summed E-state index contributed by atoms with van der Waals surface area (Å²) < 4.78 is 6.86. The number of nitrogens with zero attached hydrogens (tertiary/aromatic N) is 5. The fraction of sp³-hybridized carbons (Fsp3) is 0.200. The Hall–Kier alpha value is -2.62. The van der Waals surface area contributed by atoms with Crippen LogP contribution in [0.1, 0.15) is 6.92 Å². The lowest BCUT2D eigenvalue weighted by atomic mass is 10.4. The topological polar surface area (TPSA) is 91.7 Å². The Kier molecular flexibility index (Phi) is 2.87. The van der Waals surface area contributed by atoms with Gasteiger partial charge in [0.25, 0.3) is 0 Å². The molecular formula is C10H10N6O. The maximum atomic E-state index is 5.56. The van der Waals surface area contributed by atoms with Gasteiger partial charge in [-0.25, -0.2) is 4.98 Å². The molecule has 2 aromatic heterocycles. The first-order valence-corrected chi connectivity index (χ1v) is 4.81. The van der Waals surface area contributed by atoms with Crippen LogP contribution in [-0.4, -0.2) is 30.6 Å². The Bertz CT molecular complexity index is 544. The molecule has 0 aliphatic heterocycles. The van der Waals surface area contributed by atoms with E-state index in [-0.39, 0.29) is 12.0 Å². The van der Waals surface area contributed by atoms with Crippen LogP contribution < -0.4 is 10.5 Å². The molecule has 0 aromatic carbocycles. The molecule has 2 aromatic rings. The lowest BCUT2D eigenvalue weighted by Gasteiger charge is -2.08. The van der Waals surface area contributed by atoms with Crippen molar-refractivity contribution in [1.82, 2.24) is 24.5 Å². The first kappa shape index (κ1) is 10.9. The number of rotatable bonds is 3. The quantitative estimate of drug-likeness (QED) is 0.748. The molecule has 0 amide bonds. The third-order valence-electron chi connectivity index (χ3n) is 1.87. The minimum absolute atomic E-state index is 0.0583. The van der Waals surface area contributed by atoms with E-state index < -0.39 is 6.10 Å². The predicted octanol–water partition coefficient (Wildman–Crippen LogP) is 0.0400. The number of nitrogen functional groups attached to an aromatic ring is 1. The Morgan fingerprint density at radius 1 is 1.47 bits per heavy atom. The summed E-state index contributed by atoms with van der Waals surface area (Å²) in [5.41, 5.74) is 5.56. The van der Waals surface area contributed by atoms with Gasteiger partial charge >= 0.3 is 6.01 Å². The lowest BCUT2D eigenvalue weighted by molar-refractivity contribution is 0.255. The molecule has 0 radical (unpaired) electrons. The highest BCUT2D eigenvalue weighted by atomic mass is 16.5. The number of imidazole rings is 1. The minimum atomic E-state index is -0.438. The van der Waals surface area contributed by atoms with Gasteiger partial charge in [0, 0.05) is 12.4 Å². The maximum absolute atomic E-state index is 5.56. The molecule has 0 saturated heterocycles. The Morgan fingerprint density at radius 3 is 2.94 bits per heavy atom. The van der Waals surface area contributed by atoms with Crippen LogP contribution in [0.5, 0.6) is 6.01 Å². The molecule has 1 atom stereocenters. The summed E-state index contributed by atoms with van der Waals surface area (Å²) in [5.74, 6) is 2.79. The van der Waals surface area contributed by atoms with Crippen LogP contribution in [-0.2, 0) is 0 Å². The third kappa shape index (κ3) is 2.49. The molecule has 0 spiro atoms. The van der Waals surface area contributed by atoms with E-state index in [0.29, 0.717) is 5.95 Å². The van der Waals surface area contributed by atoms with Crippen LogP contribution in [0, 0.1) is 12.3 Å². The van der Waals surface area contributed by atoms with E-state index in [1.807, 2.05) is 0 Å². The molecule has 0 fully saturated rings. The number of aromatic nitrogens is 5. The van der Waals surface area contributed by atoms with Gasteiger partial charge in [-0.15, -0.1) is 6.42 Å². The second-order valence-electron chi connectivity index (χ2n) is 3.17. The molecule has 1 unspecified atom stereocenters. The van der Waals surface area contributed by atoms with Gasteiger partial charge < -0.3 is 10.5 Å². The molecule has 0 aliphatic carbocycles. The summed E-state index contributed by atoms with van der Waals surface area (Å²) in [6.45, 7) is 1.71. The Morgan fingerprint density at radius 2 is 2.29 bits per heavy atom. The van der Waals surface area contributed by atoms with E-state index >= 15 is 0 Å². The molecular weight excluding hydrogens is 220 g/mol. The summed E-state index contributed by atoms with van der Waals surface area (Å²) in [5, 5.41) is 0. The van der Waals surface area contributed by atoms with Crippen molar-refractivity contribution in [3.8, 4) is 24.3 Å². The summed E-state index contributed by atoms with van der Waals surface area (Å²) in [6, 6.07) is 0.0895. The third-order valence-corrected chi connectivity index (χ3v) is 1.87. The van der Waals surface area contributed by atoms with Crippen LogP contribution in [0.3, 0.4) is 0 Å². The molecule has 86 valence electrons. The van der Waals surface area contributed by atoms with Gasteiger partial charge in [0.05, 0.1) is 0 Å².